The molecule has 19 heavy (non-hydrogen) atoms. The largest absolute Gasteiger partial charge is 0.465 e. The van der Waals surface area contributed by atoms with Crippen LogP contribution in [0.15, 0.2) is 24.3 Å². The Bertz CT molecular complexity index is 477. The Morgan fingerprint density at radius 1 is 1.21 bits per heavy atom. The number of halogens is 1. The van der Waals surface area contributed by atoms with Gasteiger partial charge in [0.05, 0.1) is 0 Å². The highest BCUT2D eigenvalue weighted by Crippen LogP contribution is 2.35. The van der Waals surface area contributed by atoms with E-state index in [1.54, 1.807) is 12.1 Å². The summed E-state index contributed by atoms with van der Waals surface area (Å²) in [4.78, 5) is 14.8. The Labute approximate surface area is 111 Å². The molecule has 2 saturated heterocycles. The van der Waals surface area contributed by atoms with E-state index in [1.807, 2.05) is 0 Å². The number of amides is 1. The maximum Gasteiger partial charge on any atom is 0.407 e. The van der Waals surface area contributed by atoms with Crippen molar-refractivity contribution < 1.29 is 14.3 Å². The number of carbonyl (C=O) groups is 1. The fraction of sp³-hybridized carbons (Fsp3) is 0.500. The highest BCUT2D eigenvalue weighted by molar-refractivity contribution is 5.65. The minimum absolute atomic E-state index is 0.222. The summed E-state index contributed by atoms with van der Waals surface area (Å²) in [5, 5.41) is 9.04. The van der Waals surface area contributed by atoms with Gasteiger partial charge in [0.2, 0.25) is 0 Å². The molecule has 1 aromatic carbocycles. The van der Waals surface area contributed by atoms with E-state index >= 15 is 0 Å². The zero-order valence-electron chi connectivity index (χ0n) is 10.6. The van der Waals surface area contributed by atoms with Crippen LogP contribution < -0.4 is 4.90 Å². The average molecular weight is 264 g/mol. The molecule has 1 amide bonds. The Balaban J connectivity index is 1.74. The van der Waals surface area contributed by atoms with Gasteiger partial charge in [-0.15, -0.1) is 0 Å². The number of benzene rings is 1. The van der Waals surface area contributed by atoms with Gasteiger partial charge in [0.25, 0.3) is 0 Å². The molecule has 0 bridgehead atoms. The Morgan fingerprint density at radius 3 is 2.63 bits per heavy atom. The standard InChI is InChI=1S/C14H17FN2O2/c15-11-1-3-12(4-2-11)17-8-5-10-9-16(14(18)19)7-6-13(10)17/h1-4,10,13H,5-9H2,(H,18,19)/t10-,13+/m1/s1. The summed E-state index contributed by atoms with van der Waals surface area (Å²) in [5.74, 6) is 0.176. The van der Waals surface area contributed by atoms with Crippen LogP contribution in [0, 0.1) is 11.7 Å². The van der Waals surface area contributed by atoms with Crippen LogP contribution in [-0.4, -0.2) is 41.8 Å². The summed E-state index contributed by atoms with van der Waals surface area (Å²) in [6.07, 6.45) is 1.04. The fourth-order valence-corrected chi connectivity index (χ4v) is 3.31. The van der Waals surface area contributed by atoms with Crippen molar-refractivity contribution in [3.8, 4) is 0 Å². The van der Waals surface area contributed by atoms with Crippen molar-refractivity contribution in [2.45, 2.75) is 18.9 Å². The van der Waals surface area contributed by atoms with Gasteiger partial charge >= 0.3 is 6.09 Å². The van der Waals surface area contributed by atoms with E-state index in [2.05, 4.69) is 4.90 Å². The molecule has 0 unspecified atom stereocenters. The molecular weight excluding hydrogens is 247 g/mol. The topological polar surface area (TPSA) is 43.8 Å². The van der Waals surface area contributed by atoms with E-state index < -0.39 is 6.09 Å². The lowest BCUT2D eigenvalue weighted by atomic mass is 9.93. The third-order valence-electron chi connectivity index (χ3n) is 4.26. The van der Waals surface area contributed by atoms with E-state index in [9.17, 15) is 9.18 Å². The quantitative estimate of drug-likeness (QED) is 0.847. The van der Waals surface area contributed by atoms with Gasteiger partial charge in [-0.3, -0.25) is 0 Å². The molecule has 102 valence electrons. The van der Waals surface area contributed by atoms with E-state index in [1.165, 1.54) is 17.0 Å². The predicted molar refractivity (Wildman–Crippen MR) is 69.9 cm³/mol. The van der Waals surface area contributed by atoms with E-state index in [4.69, 9.17) is 5.11 Å². The number of hydrogen-bond acceptors (Lipinski definition) is 2. The third-order valence-corrected chi connectivity index (χ3v) is 4.26. The normalized spacial score (nSPS) is 26.4. The van der Waals surface area contributed by atoms with Crippen molar-refractivity contribution in [2.24, 2.45) is 5.92 Å². The summed E-state index contributed by atoms with van der Waals surface area (Å²) in [6.45, 7) is 2.14. The van der Waals surface area contributed by atoms with Crippen molar-refractivity contribution in [1.29, 1.82) is 0 Å². The van der Waals surface area contributed by atoms with E-state index in [0.717, 1.165) is 25.1 Å². The first kappa shape index (κ1) is 12.3. The molecule has 0 radical (unpaired) electrons. The van der Waals surface area contributed by atoms with Crippen molar-refractivity contribution in [3.05, 3.63) is 30.1 Å². The van der Waals surface area contributed by atoms with Crippen LogP contribution in [0.5, 0.6) is 0 Å². The lowest BCUT2D eigenvalue weighted by molar-refractivity contribution is 0.118. The summed E-state index contributed by atoms with van der Waals surface area (Å²) in [7, 11) is 0. The first-order chi connectivity index (χ1) is 9.15. The molecule has 1 N–H and O–H groups in total. The van der Waals surface area contributed by atoms with Crippen LogP contribution >= 0.6 is 0 Å². The first-order valence-corrected chi connectivity index (χ1v) is 6.65. The second-order valence-corrected chi connectivity index (χ2v) is 5.30. The maximum atomic E-state index is 13.0. The van der Waals surface area contributed by atoms with Gasteiger partial charge in [-0.25, -0.2) is 9.18 Å². The molecule has 5 heteroatoms. The number of rotatable bonds is 1. The number of nitrogens with zero attached hydrogens (tertiary/aromatic N) is 2. The summed E-state index contributed by atoms with van der Waals surface area (Å²) in [6, 6.07) is 6.97. The third kappa shape index (κ3) is 2.25. The number of anilines is 1. The van der Waals surface area contributed by atoms with Crippen LogP contribution in [0.25, 0.3) is 0 Å². The second kappa shape index (κ2) is 4.72. The Hall–Kier alpha value is -1.78. The SMILES string of the molecule is O=C(O)N1CC[C@H]2[C@H](CCN2c2ccc(F)cc2)C1. The van der Waals surface area contributed by atoms with Crippen LogP contribution in [0.3, 0.4) is 0 Å². The van der Waals surface area contributed by atoms with Crippen molar-refractivity contribution >= 4 is 11.8 Å². The van der Waals surface area contributed by atoms with Gasteiger partial charge in [0.1, 0.15) is 5.82 Å². The average Bonchev–Trinajstić information content (AvgIpc) is 2.82. The molecule has 0 aliphatic carbocycles. The van der Waals surface area contributed by atoms with Crippen molar-refractivity contribution in [2.75, 3.05) is 24.5 Å². The van der Waals surface area contributed by atoms with Crippen LogP contribution in [0.2, 0.25) is 0 Å². The zero-order chi connectivity index (χ0) is 13.4. The molecular formula is C14H17FN2O2. The van der Waals surface area contributed by atoms with Crippen LogP contribution in [0.1, 0.15) is 12.8 Å². The molecule has 4 nitrogen and oxygen atoms in total. The Morgan fingerprint density at radius 2 is 1.95 bits per heavy atom. The zero-order valence-corrected chi connectivity index (χ0v) is 10.6. The number of hydrogen-bond donors (Lipinski definition) is 1. The molecule has 0 aromatic heterocycles. The highest BCUT2D eigenvalue weighted by atomic mass is 19.1. The molecule has 2 heterocycles. The fourth-order valence-electron chi connectivity index (χ4n) is 3.31. The molecule has 0 saturated carbocycles. The van der Waals surface area contributed by atoms with Gasteiger partial charge in [-0.05, 0) is 43.0 Å². The Kier molecular flexibility index (Phi) is 3.05. The van der Waals surface area contributed by atoms with Crippen LogP contribution in [-0.2, 0) is 0 Å². The number of piperidine rings is 1. The lowest BCUT2D eigenvalue weighted by Gasteiger charge is -2.37. The van der Waals surface area contributed by atoms with E-state index in [-0.39, 0.29) is 5.82 Å². The number of likely N-dealkylation sites (tertiary alicyclic amines) is 1. The van der Waals surface area contributed by atoms with Gasteiger partial charge in [-0.1, -0.05) is 0 Å². The van der Waals surface area contributed by atoms with Gasteiger partial charge in [0, 0.05) is 31.4 Å². The van der Waals surface area contributed by atoms with Gasteiger partial charge in [0.15, 0.2) is 0 Å². The molecule has 2 atom stereocenters. The minimum atomic E-state index is -0.821. The minimum Gasteiger partial charge on any atom is -0.465 e. The lowest BCUT2D eigenvalue weighted by Crippen LogP contribution is -2.47. The highest BCUT2D eigenvalue weighted by Gasteiger charge is 2.39. The van der Waals surface area contributed by atoms with Crippen molar-refractivity contribution in [3.63, 3.8) is 0 Å². The molecule has 2 aliphatic rings. The monoisotopic (exact) mass is 264 g/mol. The van der Waals surface area contributed by atoms with Crippen molar-refractivity contribution in [1.82, 2.24) is 4.90 Å². The first-order valence-electron chi connectivity index (χ1n) is 6.65. The molecule has 1 aromatic rings. The van der Waals surface area contributed by atoms with Gasteiger partial charge < -0.3 is 14.9 Å². The maximum absolute atomic E-state index is 13.0. The van der Waals surface area contributed by atoms with E-state index in [0.29, 0.717) is 25.0 Å². The van der Waals surface area contributed by atoms with Crippen LogP contribution in [0.4, 0.5) is 14.9 Å². The molecule has 2 fully saturated rings. The van der Waals surface area contributed by atoms with Gasteiger partial charge in [-0.2, -0.15) is 0 Å². The number of fused-ring (bicyclic) bond motifs is 1. The summed E-state index contributed by atoms with van der Waals surface area (Å²) >= 11 is 0. The predicted octanol–water partition coefficient (Wildman–Crippen LogP) is 2.40. The smallest absolute Gasteiger partial charge is 0.407 e. The molecule has 2 aliphatic heterocycles. The second-order valence-electron chi connectivity index (χ2n) is 5.30. The molecule has 0 spiro atoms. The molecule has 3 rings (SSSR count). The summed E-state index contributed by atoms with van der Waals surface area (Å²) in [5.41, 5.74) is 1.04. The summed E-state index contributed by atoms with van der Waals surface area (Å²) < 4.78 is 13.0. The number of carboxylic acid groups (broad SMARTS) is 1.